The molecular formula is C14H14N4O5. The predicted octanol–water partition coefficient (Wildman–Crippen LogP) is 1.31. The van der Waals surface area contributed by atoms with Gasteiger partial charge in [-0.1, -0.05) is 18.2 Å². The van der Waals surface area contributed by atoms with Crippen molar-refractivity contribution in [2.75, 3.05) is 11.9 Å². The van der Waals surface area contributed by atoms with Gasteiger partial charge in [-0.15, -0.1) is 0 Å². The second-order valence-corrected chi connectivity index (χ2v) is 4.75. The highest BCUT2D eigenvalue weighted by atomic mass is 16.6. The molecule has 0 spiro atoms. The SMILES string of the molecule is Cc1cccc(C)c1NC(=O)COc1nc[nH]c(=O)c1[N+](=O)[O-]. The number of aromatic amines is 1. The molecule has 1 aromatic heterocycles. The highest BCUT2D eigenvalue weighted by molar-refractivity contribution is 5.93. The number of aromatic nitrogens is 2. The van der Waals surface area contributed by atoms with Crippen LogP contribution in [0.4, 0.5) is 11.4 Å². The molecule has 23 heavy (non-hydrogen) atoms. The third-order valence-electron chi connectivity index (χ3n) is 3.06. The smallest absolute Gasteiger partial charge is 0.395 e. The van der Waals surface area contributed by atoms with E-state index in [1.54, 1.807) is 0 Å². The number of aryl methyl sites for hydroxylation is 2. The minimum Gasteiger partial charge on any atom is -0.462 e. The number of carbonyl (C=O) groups is 1. The average Bonchev–Trinajstić information content (AvgIpc) is 2.48. The Morgan fingerprint density at radius 1 is 1.39 bits per heavy atom. The minimum absolute atomic E-state index is 0.504. The molecule has 0 atom stereocenters. The summed E-state index contributed by atoms with van der Waals surface area (Å²) < 4.78 is 5.01. The van der Waals surface area contributed by atoms with Gasteiger partial charge in [0, 0.05) is 5.69 Å². The standard InChI is InChI=1S/C14H14N4O5/c1-8-4-3-5-9(2)11(8)17-10(19)6-23-14-12(18(21)22)13(20)15-7-16-14/h3-5,7H,6H2,1-2H3,(H,17,19)(H,15,16,20). The van der Waals surface area contributed by atoms with E-state index in [2.05, 4.69) is 15.3 Å². The van der Waals surface area contributed by atoms with Crippen LogP contribution in [0.1, 0.15) is 11.1 Å². The lowest BCUT2D eigenvalue weighted by Gasteiger charge is -2.11. The Labute approximate surface area is 130 Å². The van der Waals surface area contributed by atoms with Gasteiger partial charge in [0.15, 0.2) is 6.61 Å². The molecule has 120 valence electrons. The molecule has 0 bridgehead atoms. The average molecular weight is 318 g/mol. The van der Waals surface area contributed by atoms with E-state index in [1.165, 1.54) is 0 Å². The number of nitrogens with zero attached hydrogens (tertiary/aromatic N) is 2. The molecule has 1 amide bonds. The maximum Gasteiger partial charge on any atom is 0.395 e. The van der Waals surface area contributed by atoms with Crippen molar-refractivity contribution in [2.24, 2.45) is 0 Å². The molecule has 0 saturated carbocycles. The number of hydrogen-bond acceptors (Lipinski definition) is 6. The van der Waals surface area contributed by atoms with Crippen LogP contribution in [-0.2, 0) is 4.79 Å². The number of amides is 1. The van der Waals surface area contributed by atoms with E-state index in [4.69, 9.17) is 4.74 Å². The summed E-state index contributed by atoms with van der Waals surface area (Å²) in [5.74, 6) is -1.02. The van der Waals surface area contributed by atoms with Crippen LogP contribution in [0.3, 0.4) is 0 Å². The van der Waals surface area contributed by atoms with Crippen molar-refractivity contribution in [1.82, 2.24) is 9.97 Å². The Bertz CT molecular complexity index is 795. The predicted molar refractivity (Wildman–Crippen MR) is 81.6 cm³/mol. The summed E-state index contributed by atoms with van der Waals surface area (Å²) in [5, 5.41) is 13.5. The summed E-state index contributed by atoms with van der Waals surface area (Å²) in [6.45, 7) is 3.17. The van der Waals surface area contributed by atoms with Gasteiger partial charge in [-0.05, 0) is 25.0 Å². The fourth-order valence-electron chi connectivity index (χ4n) is 1.96. The van der Waals surface area contributed by atoms with Crippen molar-refractivity contribution in [1.29, 1.82) is 0 Å². The zero-order valence-corrected chi connectivity index (χ0v) is 12.5. The molecular weight excluding hydrogens is 304 g/mol. The van der Waals surface area contributed by atoms with Crippen LogP contribution in [0.5, 0.6) is 5.88 Å². The molecule has 0 aliphatic carbocycles. The van der Waals surface area contributed by atoms with Crippen molar-refractivity contribution >= 4 is 17.3 Å². The largest absolute Gasteiger partial charge is 0.462 e. The number of nitro groups is 1. The first kappa shape index (κ1) is 16.1. The van der Waals surface area contributed by atoms with Gasteiger partial charge in [0.1, 0.15) is 0 Å². The van der Waals surface area contributed by atoms with Crippen LogP contribution >= 0.6 is 0 Å². The second-order valence-electron chi connectivity index (χ2n) is 4.75. The number of hydrogen-bond donors (Lipinski definition) is 2. The van der Waals surface area contributed by atoms with Gasteiger partial charge < -0.3 is 15.0 Å². The first-order valence-corrected chi connectivity index (χ1v) is 6.61. The zero-order chi connectivity index (χ0) is 17.0. The monoisotopic (exact) mass is 318 g/mol. The zero-order valence-electron chi connectivity index (χ0n) is 12.5. The summed E-state index contributed by atoms with van der Waals surface area (Å²) in [6.07, 6.45) is 0.966. The number of H-pyrrole nitrogens is 1. The highest BCUT2D eigenvalue weighted by Crippen LogP contribution is 2.20. The van der Waals surface area contributed by atoms with Gasteiger partial charge in [0.25, 0.3) is 5.91 Å². The number of nitrogens with one attached hydrogen (secondary N) is 2. The van der Waals surface area contributed by atoms with Gasteiger partial charge in [-0.2, -0.15) is 4.98 Å². The van der Waals surface area contributed by atoms with Gasteiger partial charge >= 0.3 is 17.1 Å². The lowest BCUT2D eigenvalue weighted by atomic mass is 10.1. The summed E-state index contributed by atoms with van der Waals surface area (Å²) in [6, 6.07) is 5.54. The molecule has 1 heterocycles. The van der Waals surface area contributed by atoms with Crippen molar-refractivity contribution in [2.45, 2.75) is 13.8 Å². The minimum atomic E-state index is -0.949. The van der Waals surface area contributed by atoms with E-state index < -0.39 is 34.6 Å². The molecule has 9 heteroatoms. The number of benzene rings is 1. The van der Waals surface area contributed by atoms with E-state index in [9.17, 15) is 19.7 Å². The van der Waals surface area contributed by atoms with Gasteiger partial charge in [0.05, 0.1) is 11.3 Å². The third-order valence-corrected chi connectivity index (χ3v) is 3.06. The summed E-state index contributed by atoms with van der Waals surface area (Å²) >= 11 is 0. The van der Waals surface area contributed by atoms with Gasteiger partial charge in [0.2, 0.25) is 0 Å². The lowest BCUT2D eigenvalue weighted by molar-refractivity contribution is -0.387. The molecule has 2 aromatic rings. The molecule has 0 saturated heterocycles. The molecule has 0 fully saturated rings. The number of ether oxygens (including phenoxy) is 1. The number of anilines is 1. The molecule has 9 nitrogen and oxygen atoms in total. The highest BCUT2D eigenvalue weighted by Gasteiger charge is 2.22. The van der Waals surface area contributed by atoms with Crippen LogP contribution in [0.2, 0.25) is 0 Å². The van der Waals surface area contributed by atoms with E-state index in [-0.39, 0.29) is 0 Å². The Balaban J connectivity index is 2.10. The Hall–Kier alpha value is -3.23. The van der Waals surface area contributed by atoms with Crippen LogP contribution in [-0.4, -0.2) is 27.4 Å². The Kier molecular flexibility index (Phi) is 4.69. The number of rotatable bonds is 5. The van der Waals surface area contributed by atoms with Crippen molar-refractivity contribution in [3.8, 4) is 5.88 Å². The molecule has 0 unspecified atom stereocenters. The van der Waals surface area contributed by atoms with Crippen molar-refractivity contribution in [3.63, 3.8) is 0 Å². The first-order valence-electron chi connectivity index (χ1n) is 6.61. The summed E-state index contributed by atoms with van der Waals surface area (Å²) in [5.41, 5.74) is 0.606. The van der Waals surface area contributed by atoms with Gasteiger partial charge in [-0.3, -0.25) is 19.7 Å². The molecule has 0 aliphatic heterocycles. The van der Waals surface area contributed by atoms with Crippen LogP contribution in [0.25, 0.3) is 0 Å². The van der Waals surface area contributed by atoms with Crippen LogP contribution < -0.4 is 15.6 Å². The van der Waals surface area contributed by atoms with Crippen LogP contribution in [0.15, 0.2) is 29.3 Å². The van der Waals surface area contributed by atoms with E-state index >= 15 is 0 Å². The Morgan fingerprint density at radius 2 is 2.04 bits per heavy atom. The molecule has 0 aliphatic rings. The topological polar surface area (TPSA) is 127 Å². The lowest BCUT2D eigenvalue weighted by Crippen LogP contribution is -2.23. The quantitative estimate of drug-likeness (QED) is 0.632. The number of para-hydroxylation sites is 1. The van der Waals surface area contributed by atoms with Crippen molar-refractivity contribution in [3.05, 3.63) is 56.1 Å². The Morgan fingerprint density at radius 3 is 2.65 bits per heavy atom. The fourth-order valence-corrected chi connectivity index (χ4v) is 1.96. The molecule has 2 N–H and O–H groups in total. The third kappa shape index (κ3) is 3.70. The molecule has 2 rings (SSSR count). The number of carbonyl (C=O) groups excluding carboxylic acids is 1. The first-order chi connectivity index (χ1) is 10.9. The summed E-state index contributed by atoms with van der Waals surface area (Å²) in [7, 11) is 0. The van der Waals surface area contributed by atoms with Crippen molar-refractivity contribution < 1.29 is 14.5 Å². The second kappa shape index (κ2) is 6.69. The van der Waals surface area contributed by atoms with Crippen LogP contribution in [0, 0.1) is 24.0 Å². The molecule has 1 aromatic carbocycles. The van der Waals surface area contributed by atoms with E-state index in [1.807, 2.05) is 32.0 Å². The maximum absolute atomic E-state index is 11.9. The van der Waals surface area contributed by atoms with Gasteiger partial charge in [-0.25, -0.2) is 0 Å². The molecule has 0 radical (unpaired) electrons. The summed E-state index contributed by atoms with van der Waals surface area (Å²) in [4.78, 5) is 38.9. The van der Waals surface area contributed by atoms with E-state index in [0.717, 1.165) is 17.5 Å². The van der Waals surface area contributed by atoms with E-state index in [0.29, 0.717) is 5.69 Å². The normalized spacial score (nSPS) is 10.2. The fraction of sp³-hybridized carbons (Fsp3) is 0.214. The maximum atomic E-state index is 11.9.